The lowest BCUT2D eigenvalue weighted by molar-refractivity contribution is 0.131. The Kier molecular flexibility index (Phi) is 3.56. The normalized spacial score (nSPS) is 25.6. The maximum Gasteiger partial charge on any atom is 0.126 e. The molecule has 1 atom stereocenters. The summed E-state index contributed by atoms with van der Waals surface area (Å²) in [6.45, 7) is 0.982. The van der Waals surface area contributed by atoms with Crippen LogP contribution in [0.5, 0.6) is 0 Å². The lowest BCUT2D eigenvalue weighted by atomic mass is 9.84. The van der Waals surface area contributed by atoms with Crippen LogP contribution in [0.3, 0.4) is 0 Å². The minimum absolute atomic E-state index is 0.0708. The van der Waals surface area contributed by atoms with Gasteiger partial charge in [-0.2, -0.15) is 0 Å². The fourth-order valence-electron chi connectivity index (χ4n) is 2.38. The van der Waals surface area contributed by atoms with Gasteiger partial charge >= 0.3 is 0 Å². The molecule has 0 amide bonds. The molecule has 1 unspecified atom stereocenters. The molecule has 2 rings (SSSR count). The van der Waals surface area contributed by atoms with Gasteiger partial charge in [-0.1, -0.05) is 24.6 Å². The van der Waals surface area contributed by atoms with E-state index in [0.717, 1.165) is 25.8 Å². The quantitative estimate of drug-likeness (QED) is 0.820. The van der Waals surface area contributed by atoms with Crippen LogP contribution >= 0.6 is 0 Å². The predicted molar refractivity (Wildman–Crippen MR) is 61.8 cm³/mol. The summed E-state index contributed by atoms with van der Waals surface area (Å²) < 4.78 is 13.5. The molecule has 0 aliphatic carbocycles. The second-order valence-electron chi connectivity index (χ2n) is 4.59. The summed E-state index contributed by atoms with van der Waals surface area (Å²) in [5.74, 6) is -0.178. The van der Waals surface area contributed by atoms with Gasteiger partial charge in [0.1, 0.15) is 5.82 Å². The Morgan fingerprint density at radius 1 is 1.31 bits per heavy atom. The smallest absolute Gasteiger partial charge is 0.126 e. The number of hydrogen-bond donors (Lipinski definition) is 2. The highest BCUT2D eigenvalue weighted by Crippen LogP contribution is 2.24. The SMILES string of the molecule is OCC1(Cc2ccccc2F)CCCCN1. The lowest BCUT2D eigenvalue weighted by Gasteiger charge is -2.37. The minimum Gasteiger partial charge on any atom is -0.394 e. The number of nitrogens with one attached hydrogen (secondary N) is 1. The van der Waals surface area contributed by atoms with Gasteiger partial charge in [0.15, 0.2) is 0 Å². The van der Waals surface area contributed by atoms with Crippen LogP contribution in [0.2, 0.25) is 0 Å². The summed E-state index contributed by atoms with van der Waals surface area (Å²) in [5.41, 5.74) is 0.367. The Hall–Kier alpha value is -0.930. The Morgan fingerprint density at radius 3 is 2.75 bits per heavy atom. The van der Waals surface area contributed by atoms with Gasteiger partial charge in [0.25, 0.3) is 0 Å². The van der Waals surface area contributed by atoms with Crippen LogP contribution < -0.4 is 5.32 Å². The summed E-state index contributed by atoms with van der Waals surface area (Å²) in [5, 5.41) is 12.9. The Bertz CT molecular complexity index is 348. The third kappa shape index (κ3) is 2.42. The molecule has 0 saturated carbocycles. The molecule has 2 N–H and O–H groups in total. The van der Waals surface area contributed by atoms with Gasteiger partial charge < -0.3 is 10.4 Å². The topological polar surface area (TPSA) is 32.3 Å². The second-order valence-corrected chi connectivity index (χ2v) is 4.59. The highest BCUT2D eigenvalue weighted by atomic mass is 19.1. The number of halogens is 1. The van der Waals surface area contributed by atoms with E-state index in [2.05, 4.69) is 5.32 Å². The van der Waals surface area contributed by atoms with E-state index in [0.29, 0.717) is 12.0 Å². The summed E-state index contributed by atoms with van der Waals surface area (Å²) in [6, 6.07) is 6.80. The molecule has 1 aromatic carbocycles. The van der Waals surface area contributed by atoms with E-state index in [1.54, 1.807) is 12.1 Å². The van der Waals surface area contributed by atoms with Crippen LogP contribution in [0.1, 0.15) is 24.8 Å². The van der Waals surface area contributed by atoms with Crippen molar-refractivity contribution in [1.82, 2.24) is 5.32 Å². The van der Waals surface area contributed by atoms with Crippen molar-refractivity contribution in [1.29, 1.82) is 0 Å². The Morgan fingerprint density at radius 2 is 2.12 bits per heavy atom. The van der Waals surface area contributed by atoms with Crippen molar-refractivity contribution in [2.45, 2.75) is 31.2 Å². The van der Waals surface area contributed by atoms with Gasteiger partial charge in [0, 0.05) is 5.54 Å². The molecule has 0 radical (unpaired) electrons. The minimum atomic E-state index is -0.319. The van der Waals surface area contributed by atoms with Crippen LogP contribution in [-0.4, -0.2) is 23.8 Å². The number of aliphatic hydroxyl groups excluding tert-OH is 1. The van der Waals surface area contributed by atoms with Crippen molar-refractivity contribution < 1.29 is 9.50 Å². The molecule has 0 aromatic heterocycles. The van der Waals surface area contributed by atoms with Crippen molar-refractivity contribution in [2.24, 2.45) is 0 Å². The Labute approximate surface area is 95.5 Å². The van der Waals surface area contributed by atoms with Crippen LogP contribution in [-0.2, 0) is 6.42 Å². The number of aliphatic hydroxyl groups is 1. The molecule has 0 spiro atoms. The van der Waals surface area contributed by atoms with Crippen molar-refractivity contribution in [3.8, 4) is 0 Å². The first kappa shape index (κ1) is 11.6. The predicted octanol–water partition coefficient (Wildman–Crippen LogP) is 1.87. The lowest BCUT2D eigenvalue weighted by Crippen LogP contribution is -2.53. The highest BCUT2D eigenvalue weighted by molar-refractivity contribution is 5.20. The Balaban J connectivity index is 2.15. The van der Waals surface area contributed by atoms with Crippen molar-refractivity contribution in [3.05, 3.63) is 35.6 Å². The largest absolute Gasteiger partial charge is 0.394 e. The number of benzene rings is 1. The maximum absolute atomic E-state index is 13.5. The van der Waals surface area contributed by atoms with Gasteiger partial charge in [0.05, 0.1) is 6.61 Å². The molecule has 1 aromatic rings. The zero-order valence-corrected chi connectivity index (χ0v) is 9.38. The molecule has 16 heavy (non-hydrogen) atoms. The van der Waals surface area contributed by atoms with Crippen LogP contribution in [0, 0.1) is 5.82 Å². The molecule has 3 heteroatoms. The third-order valence-electron chi connectivity index (χ3n) is 3.37. The maximum atomic E-state index is 13.5. The summed E-state index contributed by atoms with van der Waals surface area (Å²) in [4.78, 5) is 0. The van der Waals surface area contributed by atoms with E-state index < -0.39 is 0 Å². The molecule has 1 aliphatic rings. The summed E-state index contributed by atoms with van der Waals surface area (Å²) in [7, 11) is 0. The van der Waals surface area contributed by atoms with Gasteiger partial charge in [-0.05, 0) is 37.4 Å². The van der Waals surface area contributed by atoms with Crippen LogP contribution in [0.15, 0.2) is 24.3 Å². The van der Waals surface area contributed by atoms with Crippen LogP contribution in [0.25, 0.3) is 0 Å². The monoisotopic (exact) mass is 223 g/mol. The van der Waals surface area contributed by atoms with E-state index in [9.17, 15) is 9.50 Å². The highest BCUT2D eigenvalue weighted by Gasteiger charge is 2.31. The average Bonchev–Trinajstić information content (AvgIpc) is 2.33. The number of hydrogen-bond acceptors (Lipinski definition) is 2. The average molecular weight is 223 g/mol. The fourth-order valence-corrected chi connectivity index (χ4v) is 2.38. The van der Waals surface area contributed by atoms with E-state index in [1.807, 2.05) is 6.07 Å². The van der Waals surface area contributed by atoms with Gasteiger partial charge in [-0.25, -0.2) is 4.39 Å². The molecule has 1 fully saturated rings. The molecule has 1 saturated heterocycles. The van der Waals surface area contributed by atoms with Crippen molar-refractivity contribution in [3.63, 3.8) is 0 Å². The zero-order valence-electron chi connectivity index (χ0n) is 9.38. The van der Waals surface area contributed by atoms with Crippen molar-refractivity contribution >= 4 is 0 Å². The van der Waals surface area contributed by atoms with Gasteiger partial charge in [0.2, 0.25) is 0 Å². The summed E-state index contributed by atoms with van der Waals surface area (Å²) >= 11 is 0. The molecule has 0 bridgehead atoms. The standard InChI is InChI=1S/C13H18FNO/c14-12-6-2-1-5-11(12)9-13(10-16)7-3-4-8-15-13/h1-2,5-6,15-16H,3-4,7-10H2. The van der Waals surface area contributed by atoms with Gasteiger partial charge in [-0.3, -0.25) is 0 Å². The zero-order chi connectivity index (χ0) is 11.4. The number of piperidine rings is 1. The molecular weight excluding hydrogens is 205 g/mol. The van der Waals surface area contributed by atoms with E-state index in [-0.39, 0.29) is 18.0 Å². The van der Waals surface area contributed by atoms with Crippen LogP contribution in [0.4, 0.5) is 4.39 Å². The van der Waals surface area contributed by atoms with Gasteiger partial charge in [-0.15, -0.1) is 0 Å². The molecular formula is C13H18FNO. The molecule has 88 valence electrons. The molecule has 1 heterocycles. The first-order valence-corrected chi connectivity index (χ1v) is 5.85. The molecule has 1 aliphatic heterocycles. The van der Waals surface area contributed by atoms with E-state index in [1.165, 1.54) is 6.07 Å². The first-order chi connectivity index (χ1) is 7.76. The number of rotatable bonds is 3. The molecule has 2 nitrogen and oxygen atoms in total. The van der Waals surface area contributed by atoms with E-state index >= 15 is 0 Å². The van der Waals surface area contributed by atoms with Crippen molar-refractivity contribution in [2.75, 3.05) is 13.2 Å². The fraction of sp³-hybridized carbons (Fsp3) is 0.538. The third-order valence-corrected chi connectivity index (χ3v) is 3.37. The second kappa shape index (κ2) is 4.93. The van der Waals surface area contributed by atoms with E-state index in [4.69, 9.17) is 0 Å². The first-order valence-electron chi connectivity index (χ1n) is 5.85. The summed E-state index contributed by atoms with van der Waals surface area (Å²) in [6.07, 6.45) is 3.72.